The van der Waals surface area contributed by atoms with Crippen molar-refractivity contribution in [3.05, 3.63) is 35.9 Å². The highest BCUT2D eigenvalue weighted by molar-refractivity contribution is 5.84. The predicted octanol–water partition coefficient (Wildman–Crippen LogP) is 0.625. The van der Waals surface area contributed by atoms with E-state index in [4.69, 9.17) is 10.00 Å². The van der Waals surface area contributed by atoms with Crippen molar-refractivity contribution in [2.45, 2.75) is 38.0 Å². The maximum atomic E-state index is 11.9. The summed E-state index contributed by atoms with van der Waals surface area (Å²) >= 11 is 0. The number of hydrogen-bond donors (Lipinski definition) is 3. The van der Waals surface area contributed by atoms with Gasteiger partial charge >= 0.3 is 12.1 Å². The Bertz CT molecular complexity index is 659. The largest absolute Gasteiger partial charge is 0.467 e. The second kappa shape index (κ2) is 12.3. The molecular weight excluding hydrogens is 354 g/mol. The lowest BCUT2D eigenvalue weighted by Crippen LogP contribution is -2.43. The highest BCUT2D eigenvalue weighted by Gasteiger charge is 2.22. The first-order valence-corrected chi connectivity index (χ1v) is 8.33. The Morgan fingerprint density at radius 1 is 1.26 bits per heavy atom. The van der Waals surface area contributed by atoms with E-state index < -0.39 is 30.1 Å². The lowest BCUT2D eigenvalue weighted by molar-refractivity contribution is -0.145. The quantitative estimate of drug-likeness (QED) is 0.508. The SMILES string of the molecule is COC(=O)[C@@H](CCC#N)NC(=O)C[C@@H](O)CNC(=O)OCc1ccccc1. The molecule has 2 amide bonds. The van der Waals surface area contributed by atoms with Crippen LogP contribution in [0.4, 0.5) is 4.79 Å². The Morgan fingerprint density at radius 2 is 1.96 bits per heavy atom. The van der Waals surface area contributed by atoms with E-state index >= 15 is 0 Å². The molecule has 0 spiro atoms. The van der Waals surface area contributed by atoms with Gasteiger partial charge in [0.15, 0.2) is 0 Å². The standard InChI is InChI=1S/C18H23N3O6/c1-26-17(24)15(8-5-9-19)21-16(23)10-14(22)11-20-18(25)27-12-13-6-3-2-4-7-13/h2-4,6-7,14-15,22H,5,8,10-12H2,1H3,(H,20,25)(H,21,23)/t14-,15-/m1/s1. The zero-order valence-corrected chi connectivity index (χ0v) is 15.0. The van der Waals surface area contributed by atoms with E-state index in [-0.39, 0.29) is 32.4 Å². The fourth-order valence-electron chi connectivity index (χ4n) is 2.11. The number of aliphatic hydroxyl groups excluding tert-OH is 1. The van der Waals surface area contributed by atoms with E-state index in [1.165, 1.54) is 7.11 Å². The smallest absolute Gasteiger partial charge is 0.407 e. The molecule has 9 nitrogen and oxygen atoms in total. The second-order valence-electron chi connectivity index (χ2n) is 5.64. The Labute approximate surface area is 157 Å². The summed E-state index contributed by atoms with van der Waals surface area (Å²) in [6, 6.07) is 10.00. The molecule has 2 atom stereocenters. The number of benzene rings is 1. The molecule has 1 aromatic carbocycles. The highest BCUT2D eigenvalue weighted by atomic mass is 16.5. The minimum absolute atomic E-state index is 0.0669. The van der Waals surface area contributed by atoms with E-state index in [1.54, 1.807) is 12.1 Å². The van der Waals surface area contributed by atoms with Crippen LogP contribution in [-0.2, 0) is 25.7 Å². The number of methoxy groups -OCH3 is 1. The molecule has 0 fully saturated rings. The zero-order valence-electron chi connectivity index (χ0n) is 15.0. The van der Waals surface area contributed by atoms with E-state index in [2.05, 4.69) is 15.4 Å². The van der Waals surface area contributed by atoms with Crippen molar-refractivity contribution >= 4 is 18.0 Å². The number of amides is 2. The van der Waals surface area contributed by atoms with Gasteiger partial charge in [-0.3, -0.25) is 4.79 Å². The Kier molecular flexibility index (Phi) is 9.96. The van der Waals surface area contributed by atoms with Crippen molar-refractivity contribution in [3.8, 4) is 6.07 Å². The number of nitriles is 1. The number of nitrogens with zero attached hydrogens (tertiary/aromatic N) is 1. The van der Waals surface area contributed by atoms with Crippen LogP contribution in [0.25, 0.3) is 0 Å². The number of nitrogens with one attached hydrogen (secondary N) is 2. The molecule has 3 N–H and O–H groups in total. The second-order valence-corrected chi connectivity index (χ2v) is 5.64. The Morgan fingerprint density at radius 3 is 2.59 bits per heavy atom. The van der Waals surface area contributed by atoms with Crippen LogP contribution < -0.4 is 10.6 Å². The van der Waals surface area contributed by atoms with Gasteiger partial charge in [-0.15, -0.1) is 0 Å². The van der Waals surface area contributed by atoms with E-state index in [9.17, 15) is 19.5 Å². The summed E-state index contributed by atoms with van der Waals surface area (Å²) in [4.78, 5) is 35.1. The monoisotopic (exact) mass is 377 g/mol. The normalized spacial score (nSPS) is 12.2. The van der Waals surface area contributed by atoms with Gasteiger partial charge in [0.2, 0.25) is 5.91 Å². The predicted molar refractivity (Wildman–Crippen MR) is 94.0 cm³/mol. The molecule has 1 rings (SSSR count). The minimum Gasteiger partial charge on any atom is -0.467 e. The van der Waals surface area contributed by atoms with E-state index in [0.717, 1.165) is 5.56 Å². The summed E-state index contributed by atoms with van der Waals surface area (Å²) in [6.45, 7) is -0.106. The third-order valence-electron chi connectivity index (χ3n) is 3.48. The lowest BCUT2D eigenvalue weighted by atomic mass is 10.1. The molecule has 0 bridgehead atoms. The molecule has 0 saturated heterocycles. The first-order valence-electron chi connectivity index (χ1n) is 8.33. The third-order valence-corrected chi connectivity index (χ3v) is 3.48. The summed E-state index contributed by atoms with van der Waals surface area (Å²) in [5.74, 6) is -1.27. The average molecular weight is 377 g/mol. The summed E-state index contributed by atoms with van der Waals surface area (Å²) in [5, 5.41) is 23.2. The van der Waals surface area contributed by atoms with Crippen LogP contribution in [0.1, 0.15) is 24.8 Å². The van der Waals surface area contributed by atoms with Gasteiger partial charge in [-0.2, -0.15) is 5.26 Å². The maximum Gasteiger partial charge on any atom is 0.407 e. The van der Waals surface area contributed by atoms with Crippen LogP contribution in [0.5, 0.6) is 0 Å². The van der Waals surface area contributed by atoms with Gasteiger partial charge in [0, 0.05) is 13.0 Å². The van der Waals surface area contributed by atoms with Gasteiger partial charge in [-0.1, -0.05) is 30.3 Å². The number of alkyl carbamates (subject to hydrolysis) is 1. The first-order chi connectivity index (χ1) is 13.0. The van der Waals surface area contributed by atoms with Gasteiger partial charge in [0.25, 0.3) is 0 Å². The number of hydrogen-bond acceptors (Lipinski definition) is 7. The van der Waals surface area contributed by atoms with Crippen molar-refractivity contribution in [1.29, 1.82) is 5.26 Å². The minimum atomic E-state index is -1.16. The molecule has 0 unspecified atom stereocenters. The number of rotatable bonds is 10. The van der Waals surface area contributed by atoms with Gasteiger partial charge in [-0.05, 0) is 12.0 Å². The van der Waals surface area contributed by atoms with Gasteiger partial charge in [-0.25, -0.2) is 9.59 Å². The Hall–Kier alpha value is -3.12. The molecule has 0 radical (unpaired) electrons. The van der Waals surface area contributed by atoms with Crippen LogP contribution in [0.2, 0.25) is 0 Å². The van der Waals surface area contributed by atoms with Crippen molar-refractivity contribution in [1.82, 2.24) is 10.6 Å². The summed E-state index contributed by atoms with van der Waals surface area (Å²) in [5.41, 5.74) is 0.818. The zero-order chi connectivity index (χ0) is 20.1. The molecule has 0 heterocycles. The number of carbonyl (C=O) groups is 3. The van der Waals surface area contributed by atoms with Gasteiger partial charge in [0.1, 0.15) is 12.6 Å². The average Bonchev–Trinajstić information content (AvgIpc) is 2.68. The van der Waals surface area contributed by atoms with Crippen molar-refractivity contribution < 1.29 is 29.0 Å². The molecule has 9 heteroatoms. The number of aliphatic hydroxyl groups is 1. The summed E-state index contributed by atoms with van der Waals surface area (Å²) in [7, 11) is 1.17. The first kappa shape index (κ1) is 21.9. The number of carbonyl (C=O) groups excluding carboxylic acids is 3. The van der Waals surface area contributed by atoms with Crippen molar-refractivity contribution in [3.63, 3.8) is 0 Å². The van der Waals surface area contributed by atoms with E-state index in [0.29, 0.717) is 0 Å². The fraction of sp³-hybridized carbons (Fsp3) is 0.444. The summed E-state index contributed by atoms with van der Waals surface area (Å²) in [6.07, 6.45) is -2.05. The topological polar surface area (TPSA) is 138 Å². The number of ether oxygens (including phenoxy) is 2. The molecule has 146 valence electrons. The maximum absolute atomic E-state index is 11.9. The molecule has 0 aliphatic heterocycles. The van der Waals surface area contributed by atoms with Gasteiger partial charge < -0.3 is 25.2 Å². The van der Waals surface area contributed by atoms with Crippen LogP contribution in [0, 0.1) is 11.3 Å². The fourth-order valence-corrected chi connectivity index (χ4v) is 2.11. The molecule has 0 saturated carbocycles. The van der Waals surface area contributed by atoms with Crippen LogP contribution >= 0.6 is 0 Å². The van der Waals surface area contributed by atoms with Gasteiger partial charge in [0.05, 0.1) is 25.7 Å². The Balaban J connectivity index is 2.32. The molecule has 0 aromatic heterocycles. The molecule has 1 aromatic rings. The van der Waals surface area contributed by atoms with E-state index in [1.807, 2.05) is 24.3 Å². The molecule has 0 aliphatic carbocycles. The molecular formula is C18H23N3O6. The number of esters is 1. The summed E-state index contributed by atoms with van der Waals surface area (Å²) < 4.78 is 9.54. The van der Waals surface area contributed by atoms with Crippen LogP contribution in [0.3, 0.4) is 0 Å². The molecule has 27 heavy (non-hydrogen) atoms. The molecule has 0 aliphatic rings. The lowest BCUT2D eigenvalue weighted by Gasteiger charge is -2.17. The van der Waals surface area contributed by atoms with Crippen LogP contribution in [0.15, 0.2) is 30.3 Å². The van der Waals surface area contributed by atoms with Crippen molar-refractivity contribution in [2.75, 3.05) is 13.7 Å². The van der Waals surface area contributed by atoms with Crippen LogP contribution in [-0.4, -0.2) is 48.9 Å². The van der Waals surface area contributed by atoms with Crippen molar-refractivity contribution in [2.24, 2.45) is 0 Å². The third kappa shape index (κ3) is 9.23. The highest BCUT2D eigenvalue weighted by Crippen LogP contribution is 2.02.